The zero-order chi connectivity index (χ0) is 26.1. The molecule has 2 aromatic carbocycles. The van der Waals surface area contributed by atoms with Crippen LogP contribution in [0.2, 0.25) is 0 Å². The molecule has 3 aromatic rings. The smallest absolute Gasteiger partial charge is 0.258 e. The van der Waals surface area contributed by atoms with E-state index in [0.29, 0.717) is 40.8 Å². The second kappa shape index (κ2) is 12.5. The molecule has 1 aromatic heterocycles. The third-order valence-electron chi connectivity index (χ3n) is 5.43. The number of guanidine groups is 1. The molecule has 192 valence electrons. The normalized spacial score (nSPS) is 11.1. The quantitative estimate of drug-likeness (QED) is 0.323. The highest BCUT2D eigenvalue weighted by molar-refractivity contribution is 6.10. The minimum absolute atomic E-state index is 0.251. The van der Waals surface area contributed by atoms with E-state index in [-0.39, 0.29) is 5.96 Å². The topological polar surface area (TPSA) is 108 Å². The maximum atomic E-state index is 13.3. The maximum absolute atomic E-state index is 13.3. The molecule has 0 fully saturated rings. The number of carbonyl (C=O) groups excluding carboxylic acids is 1. The number of aliphatic imine (C=N–C) groups is 1. The van der Waals surface area contributed by atoms with Crippen LogP contribution in [0.4, 0.5) is 5.69 Å². The lowest BCUT2D eigenvalue weighted by atomic mass is 10.1. The second-order valence-electron chi connectivity index (χ2n) is 7.86. The van der Waals surface area contributed by atoms with E-state index < -0.39 is 5.91 Å². The van der Waals surface area contributed by atoms with Gasteiger partial charge in [0.05, 0.1) is 46.4 Å². The third kappa shape index (κ3) is 6.26. The average Bonchev–Trinajstić information content (AvgIpc) is 3.25. The Morgan fingerprint density at radius 2 is 1.67 bits per heavy atom. The zero-order valence-corrected chi connectivity index (χ0v) is 21.5. The summed E-state index contributed by atoms with van der Waals surface area (Å²) in [7, 11) is 6.08. The Morgan fingerprint density at radius 1 is 1.00 bits per heavy atom. The van der Waals surface area contributed by atoms with Gasteiger partial charge in [-0.1, -0.05) is 19.1 Å². The van der Waals surface area contributed by atoms with Gasteiger partial charge in [0, 0.05) is 23.9 Å². The predicted molar refractivity (Wildman–Crippen MR) is 139 cm³/mol. The van der Waals surface area contributed by atoms with Gasteiger partial charge in [0.1, 0.15) is 5.75 Å². The standard InChI is InChI=1S/C26H33N5O5/c1-7-12-31-16-19(17(2)30-31)15-27-26(28-20-10-8-9-11-21(20)33-3)29-25(32)18-13-22(34-4)24(36-6)23(14-18)35-5/h8-11,13-14,16H,7,12,15H2,1-6H3,(H2,27,28,29,32). The highest BCUT2D eigenvalue weighted by atomic mass is 16.5. The number of methoxy groups -OCH3 is 4. The van der Waals surface area contributed by atoms with Gasteiger partial charge >= 0.3 is 0 Å². The first kappa shape index (κ1) is 26.4. The minimum Gasteiger partial charge on any atom is -0.495 e. The van der Waals surface area contributed by atoms with Crippen molar-refractivity contribution in [2.75, 3.05) is 33.8 Å². The van der Waals surface area contributed by atoms with E-state index in [0.717, 1.165) is 24.2 Å². The molecule has 1 heterocycles. The van der Waals surface area contributed by atoms with Crippen molar-refractivity contribution < 1.29 is 23.7 Å². The van der Waals surface area contributed by atoms with Crippen LogP contribution < -0.4 is 29.6 Å². The number of para-hydroxylation sites is 2. The molecule has 0 aliphatic heterocycles. The first-order valence-corrected chi connectivity index (χ1v) is 11.5. The SMILES string of the molecule is CCCn1cc(CN=C(NC(=O)c2cc(OC)c(OC)c(OC)c2)Nc2ccccc2OC)c(C)n1. The molecular formula is C26H33N5O5. The van der Waals surface area contributed by atoms with E-state index in [1.807, 2.05) is 42.1 Å². The van der Waals surface area contributed by atoms with Gasteiger partial charge in [-0.25, -0.2) is 4.99 Å². The Labute approximate surface area is 211 Å². The van der Waals surface area contributed by atoms with Crippen LogP contribution in [0.5, 0.6) is 23.0 Å². The number of nitrogens with zero attached hydrogens (tertiary/aromatic N) is 3. The van der Waals surface area contributed by atoms with Gasteiger partial charge in [0.25, 0.3) is 5.91 Å². The molecule has 0 saturated carbocycles. The number of aromatic nitrogens is 2. The van der Waals surface area contributed by atoms with Crippen molar-refractivity contribution >= 4 is 17.6 Å². The minimum atomic E-state index is -0.409. The summed E-state index contributed by atoms with van der Waals surface area (Å²) in [5, 5.41) is 10.6. The summed E-state index contributed by atoms with van der Waals surface area (Å²) in [4.78, 5) is 17.9. The fraction of sp³-hybridized carbons (Fsp3) is 0.346. The van der Waals surface area contributed by atoms with Gasteiger partial charge in [-0.2, -0.15) is 5.10 Å². The Kier molecular flexibility index (Phi) is 9.15. The van der Waals surface area contributed by atoms with E-state index in [2.05, 4.69) is 27.6 Å². The number of rotatable bonds is 10. The molecule has 10 heteroatoms. The molecule has 0 atom stereocenters. The van der Waals surface area contributed by atoms with Gasteiger partial charge < -0.3 is 24.3 Å². The summed E-state index contributed by atoms with van der Waals surface area (Å²) in [5.41, 5.74) is 2.82. The molecule has 0 aliphatic carbocycles. The highest BCUT2D eigenvalue weighted by Gasteiger charge is 2.19. The molecule has 0 aliphatic rings. The summed E-state index contributed by atoms with van der Waals surface area (Å²) in [6, 6.07) is 10.5. The lowest BCUT2D eigenvalue weighted by Gasteiger charge is -2.16. The number of aryl methyl sites for hydroxylation is 2. The van der Waals surface area contributed by atoms with Crippen LogP contribution in [0.15, 0.2) is 47.6 Å². The van der Waals surface area contributed by atoms with Crippen LogP contribution >= 0.6 is 0 Å². The molecule has 0 unspecified atom stereocenters. The number of ether oxygens (including phenoxy) is 4. The van der Waals surface area contributed by atoms with Crippen molar-refractivity contribution in [3.63, 3.8) is 0 Å². The second-order valence-corrected chi connectivity index (χ2v) is 7.86. The number of hydrogen-bond acceptors (Lipinski definition) is 7. The average molecular weight is 496 g/mol. The molecule has 0 radical (unpaired) electrons. The van der Waals surface area contributed by atoms with Crippen molar-refractivity contribution in [1.82, 2.24) is 15.1 Å². The molecule has 36 heavy (non-hydrogen) atoms. The van der Waals surface area contributed by atoms with Gasteiger partial charge in [0.2, 0.25) is 11.7 Å². The van der Waals surface area contributed by atoms with Crippen molar-refractivity contribution in [3.8, 4) is 23.0 Å². The summed E-state index contributed by atoms with van der Waals surface area (Å²) < 4.78 is 23.5. The maximum Gasteiger partial charge on any atom is 0.258 e. The lowest BCUT2D eigenvalue weighted by molar-refractivity contribution is 0.0976. The van der Waals surface area contributed by atoms with E-state index in [9.17, 15) is 4.79 Å². The zero-order valence-electron chi connectivity index (χ0n) is 21.5. The van der Waals surface area contributed by atoms with Crippen LogP contribution in [0, 0.1) is 6.92 Å². The van der Waals surface area contributed by atoms with Crippen LogP contribution in [0.1, 0.15) is 35.0 Å². The summed E-state index contributed by atoms with van der Waals surface area (Å²) >= 11 is 0. The number of carbonyl (C=O) groups is 1. The number of anilines is 1. The molecule has 10 nitrogen and oxygen atoms in total. The number of benzene rings is 2. The monoisotopic (exact) mass is 495 g/mol. The number of amides is 1. The molecule has 1 amide bonds. The van der Waals surface area contributed by atoms with Crippen molar-refractivity contribution in [2.45, 2.75) is 33.4 Å². The molecule has 2 N–H and O–H groups in total. The number of hydrogen-bond donors (Lipinski definition) is 2. The largest absolute Gasteiger partial charge is 0.495 e. The van der Waals surface area contributed by atoms with Crippen LogP contribution in [0.25, 0.3) is 0 Å². The molecule has 0 bridgehead atoms. The van der Waals surface area contributed by atoms with Crippen LogP contribution in [-0.2, 0) is 13.1 Å². The Bertz CT molecular complexity index is 1200. The van der Waals surface area contributed by atoms with E-state index in [1.54, 1.807) is 19.2 Å². The first-order chi connectivity index (χ1) is 17.4. The third-order valence-corrected chi connectivity index (χ3v) is 5.43. The Balaban J connectivity index is 1.93. The summed E-state index contributed by atoms with van der Waals surface area (Å²) in [5.74, 6) is 1.60. The van der Waals surface area contributed by atoms with Crippen molar-refractivity contribution in [3.05, 3.63) is 59.4 Å². The van der Waals surface area contributed by atoms with Gasteiger partial charge in [-0.05, 0) is 37.6 Å². The highest BCUT2D eigenvalue weighted by Crippen LogP contribution is 2.38. The molecule has 0 saturated heterocycles. The molecule has 0 spiro atoms. The predicted octanol–water partition coefficient (Wildman–Crippen LogP) is 4.03. The summed E-state index contributed by atoms with van der Waals surface area (Å²) in [6.45, 7) is 5.19. The van der Waals surface area contributed by atoms with E-state index >= 15 is 0 Å². The number of nitrogens with one attached hydrogen (secondary N) is 2. The fourth-order valence-electron chi connectivity index (χ4n) is 3.60. The van der Waals surface area contributed by atoms with Gasteiger partial charge in [0.15, 0.2) is 11.5 Å². The van der Waals surface area contributed by atoms with Gasteiger partial charge in [-0.3, -0.25) is 14.8 Å². The fourth-order valence-corrected chi connectivity index (χ4v) is 3.60. The molecule has 3 rings (SSSR count). The van der Waals surface area contributed by atoms with Gasteiger partial charge in [-0.15, -0.1) is 0 Å². The van der Waals surface area contributed by atoms with Crippen LogP contribution in [-0.4, -0.2) is 50.1 Å². The summed E-state index contributed by atoms with van der Waals surface area (Å²) in [6.07, 6.45) is 2.96. The van der Waals surface area contributed by atoms with Crippen molar-refractivity contribution in [1.29, 1.82) is 0 Å². The first-order valence-electron chi connectivity index (χ1n) is 11.5. The lowest BCUT2D eigenvalue weighted by Crippen LogP contribution is -2.36. The molecular weight excluding hydrogens is 462 g/mol. The van der Waals surface area contributed by atoms with Crippen molar-refractivity contribution in [2.24, 2.45) is 4.99 Å². The van der Waals surface area contributed by atoms with E-state index in [4.69, 9.17) is 18.9 Å². The Hall–Kier alpha value is -4.21. The van der Waals surface area contributed by atoms with Crippen LogP contribution in [0.3, 0.4) is 0 Å². The van der Waals surface area contributed by atoms with E-state index in [1.165, 1.54) is 21.3 Å². The Morgan fingerprint density at radius 3 is 2.28 bits per heavy atom.